The molecule has 1 heterocycles. The minimum Gasteiger partial charge on any atom is -0.394 e. The third-order valence-corrected chi connectivity index (χ3v) is 3.56. The van der Waals surface area contributed by atoms with Crippen molar-refractivity contribution in [1.29, 1.82) is 0 Å². The van der Waals surface area contributed by atoms with Gasteiger partial charge in [-0.25, -0.2) is 0 Å². The van der Waals surface area contributed by atoms with Crippen LogP contribution in [-0.4, -0.2) is 30.7 Å². The quantitative estimate of drug-likeness (QED) is 0.575. The van der Waals surface area contributed by atoms with Gasteiger partial charge >= 0.3 is 0 Å². The molecule has 2 atom stereocenters. The Morgan fingerprint density at radius 3 is 2.11 bits per heavy atom. The van der Waals surface area contributed by atoms with Gasteiger partial charge in [-0.15, -0.1) is 0 Å². The van der Waals surface area contributed by atoms with E-state index in [1.54, 1.807) is 0 Å². The summed E-state index contributed by atoms with van der Waals surface area (Å²) in [6.45, 7) is 2.89. The Bertz CT molecular complexity index is 185. The van der Waals surface area contributed by atoms with Crippen molar-refractivity contribution in [3.63, 3.8) is 0 Å². The molecule has 1 N–H and O–H groups in total. The molecule has 3 heteroatoms. The highest BCUT2D eigenvalue weighted by Gasteiger charge is 2.24. The van der Waals surface area contributed by atoms with Crippen LogP contribution in [0.15, 0.2) is 0 Å². The molecule has 0 spiro atoms. The molecule has 0 amide bonds. The predicted molar refractivity (Wildman–Crippen MR) is 73.5 cm³/mol. The lowest BCUT2D eigenvalue weighted by molar-refractivity contribution is -0.0701. The Hall–Kier alpha value is -0.120. The molecule has 108 valence electrons. The largest absolute Gasteiger partial charge is 0.394 e. The van der Waals surface area contributed by atoms with Crippen LogP contribution in [0.4, 0.5) is 0 Å². The van der Waals surface area contributed by atoms with Gasteiger partial charge in [-0.2, -0.15) is 0 Å². The van der Waals surface area contributed by atoms with Gasteiger partial charge in [0.2, 0.25) is 0 Å². The molecular formula is C15H30O3. The topological polar surface area (TPSA) is 38.7 Å². The fourth-order valence-corrected chi connectivity index (χ4v) is 2.38. The van der Waals surface area contributed by atoms with Crippen molar-refractivity contribution in [2.24, 2.45) is 0 Å². The van der Waals surface area contributed by atoms with Gasteiger partial charge in [0.05, 0.1) is 13.2 Å². The van der Waals surface area contributed by atoms with Gasteiger partial charge in [0.15, 0.2) is 6.29 Å². The van der Waals surface area contributed by atoms with Crippen LogP contribution in [0.5, 0.6) is 0 Å². The zero-order valence-electron chi connectivity index (χ0n) is 11.9. The monoisotopic (exact) mass is 258 g/mol. The number of hydrogen-bond acceptors (Lipinski definition) is 3. The summed E-state index contributed by atoms with van der Waals surface area (Å²) in [7, 11) is 0. The lowest BCUT2D eigenvalue weighted by Crippen LogP contribution is -2.16. The number of unbranched alkanes of at least 4 members (excludes halogenated alkanes) is 8. The molecule has 0 aromatic carbocycles. The zero-order chi connectivity index (χ0) is 13.1. The molecule has 1 aliphatic rings. The van der Waals surface area contributed by atoms with Crippen LogP contribution in [0, 0.1) is 0 Å². The molecule has 0 aromatic heterocycles. The third-order valence-electron chi connectivity index (χ3n) is 3.56. The van der Waals surface area contributed by atoms with E-state index in [2.05, 4.69) is 6.92 Å². The third kappa shape index (κ3) is 7.34. The summed E-state index contributed by atoms with van der Waals surface area (Å²) in [6.07, 6.45) is 12.9. The van der Waals surface area contributed by atoms with Crippen LogP contribution >= 0.6 is 0 Å². The first-order chi connectivity index (χ1) is 8.86. The van der Waals surface area contributed by atoms with Crippen molar-refractivity contribution in [2.45, 2.75) is 83.5 Å². The van der Waals surface area contributed by atoms with Gasteiger partial charge < -0.3 is 14.6 Å². The van der Waals surface area contributed by atoms with Gasteiger partial charge in [0, 0.05) is 0 Å². The summed E-state index contributed by atoms with van der Waals surface area (Å²) in [5.74, 6) is 0. The van der Waals surface area contributed by atoms with E-state index in [-0.39, 0.29) is 19.0 Å². The SMILES string of the molecule is CCCCCCCCCCC[C@H]1OC[C@H](CO)O1. The molecule has 3 nitrogen and oxygen atoms in total. The number of ether oxygens (including phenoxy) is 2. The van der Waals surface area contributed by atoms with E-state index >= 15 is 0 Å². The van der Waals surface area contributed by atoms with Crippen LogP contribution in [0.3, 0.4) is 0 Å². The van der Waals surface area contributed by atoms with Gasteiger partial charge in [-0.05, 0) is 12.8 Å². The minimum absolute atomic E-state index is 0.0632. The normalized spacial score (nSPS) is 23.7. The fourth-order valence-electron chi connectivity index (χ4n) is 2.38. The maximum Gasteiger partial charge on any atom is 0.158 e. The van der Waals surface area contributed by atoms with E-state index in [1.807, 2.05) is 0 Å². The van der Waals surface area contributed by atoms with E-state index in [1.165, 1.54) is 57.8 Å². The van der Waals surface area contributed by atoms with Crippen molar-refractivity contribution in [3.8, 4) is 0 Å². The van der Waals surface area contributed by atoms with E-state index in [0.29, 0.717) is 6.61 Å². The Balaban J connectivity index is 1.79. The molecule has 0 saturated carbocycles. The molecule has 1 fully saturated rings. The number of hydrogen-bond donors (Lipinski definition) is 1. The average molecular weight is 258 g/mol. The Kier molecular flexibility index (Phi) is 9.54. The Morgan fingerprint density at radius 1 is 0.944 bits per heavy atom. The maximum atomic E-state index is 8.91. The van der Waals surface area contributed by atoms with Gasteiger partial charge in [-0.1, -0.05) is 58.3 Å². The van der Waals surface area contributed by atoms with E-state index in [9.17, 15) is 0 Å². The van der Waals surface area contributed by atoms with Crippen LogP contribution in [0.25, 0.3) is 0 Å². The summed E-state index contributed by atoms with van der Waals surface area (Å²) in [6, 6.07) is 0. The molecule has 0 aliphatic carbocycles. The average Bonchev–Trinajstić information content (AvgIpc) is 2.85. The van der Waals surface area contributed by atoms with E-state index in [4.69, 9.17) is 14.6 Å². The second-order valence-electron chi connectivity index (χ2n) is 5.32. The smallest absolute Gasteiger partial charge is 0.158 e. The highest BCUT2D eigenvalue weighted by molar-refractivity contribution is 4.63. The second kappa shape index (κ2) is 10.8. The highest BCUT2D eigenvalue weighted by Crippen LogP contribution is 2.18. The van der Waals surface area contributed by atoms with Crippen LogP contribution in [0.1, 0.15) is 71.1 Å². The van der Waals surface area contributed by atoms with Crippen molar-refractivity contribution in [2.75, 3.05) is 13.2 Å². The maximum absolute atomic E-state index is 8.91. The molecule has 1 saturated heterocycles. The minimum atomic E-state index is -0.0893. The molecular weight excluding hydrogens is 228 g/mol. The van der Waals surface area contributed by atoms with Crippen molar-refractivity contribution < 1.29 is 14.6 Å². The first-order valence-electron chi connectivity index (χ1n) is 7.74. The molecule has 0 bridgehead atoms. The summed E-state index contributed by atoms with van der Waals surface area (Å²) in [5, 5.41) is 8.91. The highest BCUT2D eigenvalue weighted by atomic mass is 16.7. The summed E-state index contributed by atoms with van der Waals surface area (Å²) in [4.78, 5) is 0. The Morgan fingerprint density at radius 2 is 1.56 bits per heavy atom. The molecule has 0 unspecified atom stereocenters. The van der Waals surface area contributed by atoms with Gasteiger partial charge in [0.25, 0.3) is 0 Å². The van der Waals surface area contributed by atoms with Crippen molar-refractivity contribution in [3.05, 3.63) is 0 Å². The number of rotatable bonds is 11. The second-order valence-corrected chi connectivity index (χ2v) is 5.32. The summed E-state index contributed by atoms with van der Waals surface area (Å²) >= 11 is 0. The molecule has 1 aliphatic heterocycles. The van der Waals surface area contributed by atoms with Crippen LogP contribution in [0.2, 0.25) is 0 Å². The molecule has 18 heavy (non-hydrogen) atoms. The first kappa shape index (κ1) is 15.9. The Labute approximate surface area is 112 Å². The predicted octanol–water partition coefficient (Wildman–Crippen LogP) is 3.64. The summed E-state index contributed by atoms with van der Waals surface area (Å²) in [5.41, 5.74) is 0. The number of aliphatic hydroxyl groups is 1. The van der Waals surface area contributed by atoms with E-state index in [0.717, 1.165) is 6.42 Å². The van der Waals surface area contributed by atoms with Crippen molar-refractivity contribution >= 4 is 0 Å². The van der Waals surface area contributed by atoms with Gasteiger partial charge in [0.1, 0.15) is 6.10 Å². The lowest BCUT2D eigenvalue weighted by atomic mass is 10.1. The molecule has 0 radical (unpaired) electrons. The summed E-state index contributed by atoms with van der Waals surface area (Å²) < 4.78 is 11.0. The van der Waals surface area contributed by atoms with Crippen LogP contribution < -0.4 is 0 Å². The fraction of sp³-hybridized carbons (Fsp3) is 1.00. The van der Waals surface area contributed by atoms with Crippen molar-refractivity contribution in [1.82, 2.24) is 0 Å². The van der Waals surface area contributed by atoms with Crippen LogP contribution in [-0.2, 0) is 9.47 Å². The lowest BCUT2D eigenvalue weighted by Gasteiger charge is -2.09. The zero-order valence-corrected chi connectivity index (χ0v) is 11.9. The van der Waals surface area contributed by atoms with E-state index < -0.39 is 0 Å². The number of aliphatic hydroxyl groups excluding tert-OH is 1. The first-order valence-corrected chi connectivity index (χ1v) is 7.74. The standard InChI is InChI=1S/C15H30O3/c1-2-3-4-5-6-7-8-9-10-11-15-17-13-14(12-16)18-15/h14-16H,2-13H2,1H3/t14-,15-/m0/s1. The van der Waals surface area contributed by atoms with Gasteiger partial charge in [-0.3, -0.25) is 0 Å². The molecule has 0 aromatic rings. The molecule has 1 rings (SSSR count).